The summed E-state index contributed by atoms with van der Waals surface area (Å²) in [4.78, 5) is 22.7. The Morgan fingerprint density at radius 1 is 1.20 bits per heavy atom. The molecule has 0 atom stereocenters. The summed E-state index contributed by atoms with van der Waals surface area (Å²) < 4.78 is 1.01. The molecular weight excluding hydrogens is 196 g/mol. The number of hydrogen-bond acceptors (Lipinski definition) is 3. The lowest BCUT2D eigenvalue weighted by molar-refractivity contribution is 0.942. The molecule has 4 N–H and O–H groups in total. The third-order valence-corrected chi connectivity index (χ3v) is 2.27. The maximum Gasteiger partial charge on any atom is 0.348 e. The number of nitrogen functional groups attached to an aromatic ring is 1. The van der Waals surface area contributed by atoms with Gasteiger partial charge in [-0.2, -0.15) is 0 Å². The van der Waals surface area contributed by atoms with Crippen molar-refractivity contribution >= 4 is 5.69 Å². The van der Waals surface area contributed by atoms with Crippen molar-refractivity contribution in [2.45, 2.75) is 6.92 Å². The smallest absolute Gasteiger partial charge is 0.348 e. The van der Waals surface area contributed by atoms with Gasteiger partial charge in [-0.1, -0.05) is 6.07 Å². The minimum Gasteiger partial charge on any atom is -0.398 e. The van der Waals surface area contributed by atoms with Crippen molar-refractivity contribution in [3.8, 4) is 5.69 Å². The number of benzene rings is 1. The molecule has 0 spiro atoms. The van der Waals surface area contributed by atoms with Gasteiger partial charge >= 0.3 is 11.4 Å². The lowest BCUT2D eigenvalue weighted by Crippen LogP contribution is -2.25. The van der Waals surface area contributed by atoms with Crippen LogP contribution in [0.3, 0.4) is 0 Å². The largest absolute Gasteiger partial charge is 0.398 e. The van der Waals surface area contributed by atoms with Crippen molar-refractivity contribution in [2.75, 3.05) is 5.73 Å². The van der Waals surface area contributed by atoms with Crippen molar-refractivity contribution in [1.29, 1.82) is 0 Å². The zero-order valence-corrected chi connectivity index (χ0v) is 8.07. The van der Waals surface area contributed by atoms with Crippen molar-refractivity contribution in [2.24, 2.45) is 0 Å². The molecule has 0 saturated heterocycles. The van der Waals surface area contributed by atoms with E-state index in [0.717, 1.165) is 4.57 Å². The van der Waals surface area contributed by atoms with Gasteiger partial charge in [0.15, 0.2) is 0 Å². The summed E-state index contributed by atoms with van der Waals surface area (Å²) in [5, 5.41) is 4.42. The summed E-state index contributed by atoms with van der Waals surface area (Å²) in [6, 6.07) is 5.07. The van der Waals surface area contributed by atoms with Gasteiger partial charge in [-0.15, -0.1) is 0 Å². The third-order valence-electron chi connectivity index (χ3n) is 2.27. The minimum absolute atomic E-state index is 0.488. The molecule has 2 aromatic rings. The van der Waals surface area contributed by atoms with E-state index in [-0.39, 0.29) is 0 Å². The van der Waals surface area contributed by atoms with Crippen LogP contribution in [0.2, 0.25) is 0 Å². The summed E-state index contributed by atoms with van der Waals surface area (Å²) in [6.07, 6.45) is 0. The van der Waals surface area contributed by atoms with Crippen molar-refractivity contribution in [3.05, 3.63) is 44.7 Å². The highest BCUT2D eigenvalue weighted by molar-refractivity contribution is 5.56. The van der Waals surface area contributed by atoms with E-state index in [2.05, 4.69) is 10.2 Å². The summed E-state index contributed by atoms with van der Waals surface area (Å²) in [5.74, 6) is 0. The van der Waals surface area contributed by atoms with Gasteiger partial charge < -0.3 is 5.73 Å². The molecule has 0 aliphatic rings. The number of anilines is 1. The SMILES string of the molecule is Cc1c(N)cccc1-n1c(=O)[nH][nH]c1=O. The Bertz CT molecular complexity index is 578. The molecule has 6 heteroatoms. The summed E-state index contributed by atoms with van der Waals surface area (Å²) >= 11 is 0. The number of nitrogens with one attached hydrogen (secondary N) is 2. The fourth-order valence-corrected chi connectivity index (χ4v) is 1.41. The standard InChI is InChI=1S/C9H10N4O2/c1-5-6(10)3-2-4-7(5)13-8(14)11-12-9(13)15/h2-4H,10H2,1H3,(H,11,14)(H,12,15). The Morgan fingerprint density at radius 2 is 1.80 bits per heavy atom. The van der Waals surface area contributed by atoms with Crippen molar-refractivity contribution in [1.82, 2.24) is 14.8 Å². The Morgan fingerprint density at radius 3 is 2.40 bits per heavy atom. The Kier molecular flexibility index (Phi) is 1.96. The van der Waals surface area contributed by atoms with Crippen LogP contribution >= 0.6 is 0 Å². The van der Waals surface area contributed by atoms with E-state index in [1.54, 1.807) is 25.1 Å². The zero-order chi connectivity index (χ0) is 11.0. The molecule has 1 aromatic heterocycles. The van der Waals surface area contributed by atoms with E-state index in [4.69, 9.17) is 5.73 Å². The van der Waals surface area contributed by atoms with Crippen molar-refractivity contribution < 1.29 is 0 Å². The monoisotopic (exact) mass is 206 g/mol. The second-order valence-corrected chi connectivity index (χ2v) is 3.19. The van der Waals surface area contributed by atoms with Gasteiger partial charge in [-0.25, -0.2) is 24.4 Å². The first-order chi connectivity index (χ1) is 7.11. The fourth-order valence-electron chi connectivity index (χ4n) is 1.41. The molecular formula is C9H10N4O2. The second kappa shape index (κ2) is 3.16. The van der Waals surface area contributed by atoms with E-state index in [0.29, 0.717) is 16.9 Å². The number of nitrogens with zero attached hydrogens (tertiary/aromatic N) is 1. The molecule has 0 bridgehead atoms. The van der Waals surface area contributed by atoms with Crippen LogP contribution in [0.4, 0.5) is 5.69 Å². The predicted molar refractivity (Wildman–Crippen MR) is 56.2 cm³/mol. The molecule has 0 unspecified atom stereocenters. The Hall–Kier alpha value is -2.24. The molecule has 0 amide bonds. The number of nitrogens with two attached hydrogens (primary N) is 1. The summed E-state index contributed by atoms with van der Waals surface area (Å²) in [6.45, 7) is 1.75. The third kappa shape index (κ3) is 1.35. The number of rotatable bonds is 1. The van der Waals surface area contributed by atoms with Gasteiger partial charge in [-0.3, -0.25) is 0 Å². The molecule has 0 aliphatic heterocycles. The maximum absolute atomic E-state index is 11.3. The predicted octanol–water partition coefficient (Wildman–Crippen LogP) is -0.255. The summed E-state index contributed by atoms with van der Waals surface area (Å²) in [5.41, 5.74) is 6.41. The molecule has 6 nitrogen and oxygen atoms in total. The normalized spacial score (nSPS) is 10.5. The number of hydrogen-bond donors (Lipinski definition) is 3. The van der Waals surface area contributed by atoms with Crippen LogP contribution in [0.25, 0.3) is 5.69 Å². The second-order valence-electron chi connectivity index (χ2n) is 3.19. The van der Waals surface area contributed by atoms with E-state index in [1.807, 2.05) is 0 Å². The van der Waals surface area contributed by atoms with Crippen LogP contribution in [0, 0.1) is 6.92 Å². The van der Waals surface area contributed by atoms with Crippen LogP contribution in [-0.4, -0.2) is 14.8 Å². The molecule has 0 aliphatic carbocycles. The highest BCUT2D eigenvalue weighted by Crippen LogP contribution is 2.16. The van der Waals surface area contributed by atoms with E-state index >= 15 is 0 Å². The Balaban J connectivity index is 2.81. The van der Waals surface area contributed by atoms with E-state index in [1.165, 1.54) is 0 Å². The number of aromatic amines is 2. The first kappa shape index (κ1) is 9.32. The van der Waals surface area contributed by atoms with Crippen LogP contribution in [-0.2, 0) is 0 Å². The fraction of sp³-hybridized carbons (Fsp3) is 0.111. The molecule has 78 valence electrons. The lowest BCUT2D eigenvalue weighted by atomic mass is 10.1. The topological polar surface area (TPSA) is 96.7 Å². The molecule has 0 radical (unpaired) electrons. The Labute approximate surface area is 84.3 Å². The first-order valence-corrected chi connectivity index (χ1v) is 4.36. The maximum atomic E-state index is 11.3. The quantitative estimate of drug-likeness (QED) is 0.561. The van der Waals surface area contributed by atoms with Crippen LogP contribution < -0.4 is 17.1 Å². The van der Waals surface area contributed by atoms with E-state index in [9.17, 15) is 9.59 Å². The zero-order valence-electron chi connectivity index (χ0n) is 8.07. The molecule has 2 rings (SSSR count). The molecule has 1 aromatic carbocycles. The number of H-pyrrole nitrogens is 2. The van der Waals surface area contributed by atoms with Gasteiger partial charge in [0.2, 0.25) is 0 Å². The van der Waals surface area contributed by atoms with Crippen LogP contribution in [0.5, 0.6) is 0 Å². The molecule has 15 heavy (non-hydrogen) atoms. The van der Waals surface area contributed by atoms with E-state index < -0.39 is 11.4 Å². The van der Waals surface area contributed by atoms with Gasteiger partial charge in [0, 0.05) is 5.69 Å². The highest BCUT2D eigenvalue weighted by atomic mass is 16.2. The average molecular weight is 206 g/mol. The number of aromatic nitrogens is 3. The van der Waals surface area contributed by atoms with Gasteiger partial charge in [-0.05, 0) is 24.6 Å². The van der Waals surface area contributed by atoms with Gasteiger partial charge in [0.1, 0.15) is 0 Å². The lowest BCUT2D eigenvalue weighted by Gasteiger charge is -2.06. The molecule has 0 fully saturated rings. The highest BCUT2D eigenvalue weighted by Gasteiger charge is 2.09. The van der Waals surface area contributed by atoms with Crippen LogP contribution in [0.15, 0.2) is 27.8 Å². The summed E-state index contributed by atoms with van der Waals surface area (Å²) in [7, 11) is 0. The molecule has 0 saturated carbocycles. The van der Waals surface area contributed by atoms with Crippen LogP contribution in [0.1, 0.15) is 5.56 Å². The first-order valence-electron chi connectivity index (χ1n) is 4.36. The molecule has 1 heterocycles. The van der Waals surface area contributed by atoms with Gasteiger partial charge in [0.05, 0.1) is 5.69 Å². The van der Waals surface area contributed by atoms with Crippen molar-refractivity contribution in [3.63, 3.8) is 0 Å². The minimum atomic E-state index is -0.506. The van der Waals surface area contributed by atoms with Gasteiger partial charge in [0.25, 0.3) is 0 Å². The average Bonchev–Trinajstić information content (AvgIpc) is 2.52.